The molecule has 0 aromatic carbocycles. The molecule has 0 saturated carbocycles. The van der Waals surface area contributed by atoms with Crippen LogP contribution in [0.25, 0.3) is 11.2 Å². The van der Waals surface area contributed by atoms with Crippen LogP contribution in [0.2, 0.25) is 0 Å². The number of nitrogens with one attached hydrogen (secondary N) is 1. The van der Waals surface area contributed by atoms with Gasteiger partial charge in [0.1, 0.15) is 10.4 Å². The van der Waals surface area contributed by atoms with Gasteiger partial charge in [0.05, 0.1) is 19.0 Å². The van der Waals surface area contributed by atoms with Crippen LogP contribution >= 0.6 is 11.3 Å². The number of ether oxygens (including phenoxy) is 2. The third-order valence-corrected chi connectivity index (χ3v) is 6.20. The Kier molecular flexibility index (Phi) is 5.37. The number of fused-ring (bicyclic) bond motifs is 1. The van der Waals surface area contributed by atoms with E-state index in [1.807, 2.05) is 6.92 Å². The zero-order valence-electron chi connectivity index (χ0n) is 16.6. The normalized spacial score (nSPS) is 17.3. The number of methoxy groups -OCH3 is 1. The monoisotopic (exact) mass is 417 g/mol. The largest absolute Gasteiger partial charge is 0.465 e. The summed E-state index contributed by atoms with van der Waals surface area (Å²) < 4.78 is 13.7. The highest BCUT2D eigenvalue weighted by Crippen LogP contribution is 2.29. The summed E-state index contributed by atoms with van der Waals surface area (Å²) in [5, 5.41) is 3.17. The number of carbonyl (C=O) groups excluding carboxylic acids is 1. The zero-order valence-corrected chi connectivity index (χ0v) is 17.4. The second-order valence-corrected chi connectivity index (χ2v) is 8.26. The molecule has 0 aliphatic carbocycles. The summed E-state index contributed by atoms with van der Waals surface area (Å²) >= 11 is 1.34. The molecule has 0 bridgehead atoms. The van der Waals surface area contributed by atoms with Crippen LogP contribution < -0.4 is 11.0 Å². The maximum absolute atomic E-state index is 12.9. The van der Waals surface area contributed by atoms with E-state index in [0.717, 1.165) is 36.4 Å². The van der Waals surface area contributed by atoms with E-state index in [1.54, 1.807) is 28.4 Å². The lowest BCUT2D eigenvalue weighted by Gasteiger charge is -2.15. The Morgan fingerprint density at radius 2 is 2.21 bits per heavy atom. The lowest BCUT2D eigenvalue weighted by Crippen LogP contribution is -2.26. The van der Waals surface area contributed by atoms with Gasteiger partial charge in [-0.15, -0.1) is 11.3 Å². The highest BCUT2D eigenvalue weighted by atomic mass is 32.1. The van der Waals surface area contributed by atoms with E-state index in [1.165, 1.54) is 18.4 Å². The molecule has 1 saturated heterocycles. The highest BCUT2D eigenvalue weighted by Gasteiger charge is 2.23. The van der Waals surface area contributed by atoms with Gasteiger partial charge in [0.2, 0.25) is 5.95 Å². The first kappa shape index (κ1) is 19.6. The molecule has 1 aliphatic heterocycles. The number of aromatic nitrogens is 4. The molecule has 1 atom stereocenters. The average Bonchev–Trinajstić information content (AvgIpc) is 3.05. The number of nitrogens with zero attached hydrogens (tertiary/aromatic N) is 4. The van der Waals surface area contributed by atoms with Gasteiger partial charge in [0, 0.05) is 31.2 Å². The van der Waals surface area contributed by atoms with E-state index < -0.39 is 0 Å². The molecular weight excluding hydrogens is 394 g/mol. The standard InChI is InChI=1S/C19H23N5O4S/c1-11-13(9-15(29-11)17(25)27-3)21-18-20-10-14-16(22-18)24(19(26)23(14)2)12-5-4-7-28-8-6-12/h9-10,12H,4-8H2,1-3H3,(H,20,21,22). The first-order chi connectivity index (χ1) is 14.0. The molecule has 29 heavy (non-hydrogen) atoms. The summed E-state index contributed by atoms with van der Waals surface area (Å²) in [6.45, 7) is 3.26. The van der Waals surface area contributed by atoms with Gasteiger partial charge in [-0.3, -0.25) is 9.13 Å². The predicted molar refractivity (Wildman–Crippen MR) is 110 cm³/mol. The van der Waals surface area contributed by atoms with Crippen molar-refractivity contribution in [1.82, 2.24) is 19.1 Å². The molecule has 0 radical (unpaired) electrons. The maximum atomic E-state index is 12.9. The maximum Gasteiger partial charge on any atom is 0.348 e. The number of carbonyl (C=O) groups is 1. The van der Waals surface area contributed by atoms with E-state index >= 15 is 0 Å². The van der Waals surface area contributed by atoms with Crippen molar-refractivity contribution in [1.29, 1.82) is 0 Å². The molecule has 4 heterocycles. The molecule has 1 fully saturated rings. The fourth-order valence-corrected chi connectivity index (χ4v) is 4.49. The third kappa shape index (κ3) is 3.65. The van der Waals surface area contributed by atoms with Crippen LogP contribution in [0.3, 0.4) is 0 Å². The van der Waals surface area contributed by atoms with Crippen LogP contribution in [0.5, 0.6) is 0 Å². The summed E-state index contributed by atoms with van der Waals surface area (Å²) in [5.41, 5.74) is 1.92. The molecule has 0 amide bonds. The fraction of sp³-hybridized carbons (Fsp3) is 0.474. The number of esters is 1. The Hall–Kier alpha value is -2.72. The lowest BCUT2D eigenvalue weighted by molar-refractivity contribution is 0.0606. The predicted octanol–water partition coefficient (Wildman–Crippen LogP) is 2.77. The number of imidazole rings is 1. The second-order valence-electron chi connectivity index (χ2n) is 7.01. The van der Waals surface area contributed by atoms with Crippen LogP contribution in [-0.2, 0) is 16.5 Å². The summed E-state index contributed by atoms with van der Waals surface area (Å²) in [4.78, 5) is 35.1. The van der Waals surface area contributed by atoms with Crippen LogP contribution in [0, 0.1) is 6.92 Å². The molecule has 3 aromatic heterocycles. The number of rotatable bonds is 4. The molecule has 1 aliphatic rings. The summed E-state index contributed by atoms with van der Waals surface area (Å²) in [5.74, 6) is -0.00552. The van der Waals surface area contributed by atoms with Gasteiger partial charge >= 0.3 is 11.7 Å². The zero-order chi connectivity index (χ0) is 20.5. The van der Waals surface area contributed by atoms with E-state index in [4.69, 9.17) is 9.47 Å². The van der Waals surface area contributed by atoms with Gasteiger partial charge in [-0.25, -0.2) is 14.6 Å². The Balaban J connectivity index is 1.72. The lowest BCUT2D eigenvalue weighted by atomic mass is 10.1. The Morgan fingerprint density at radius 3 is 3.00 bits per heavy atom. The quantitative estimate of drug-likeness (QED) is 0.652. The molecule has 3 aromatic rings. The third-order valence-electron chi connectivity index (χ3n) is 5.17. The van der Waals surface area contributed by atoms with Crippen molar-refractivity contribution in [2.45, 2.75) is 32.2 Å². The van der Waals surface area contributed by atoms with E-state index in [0.29, 0.717) is 28.6 Å². The molecule has 1 N–H and O–H groups in total. The van der Waals surface area contributed by atoms with Gasteiger partial charge in [-0.1, -0.05) is 0 Å². The fourth-order valence-electron chi connectivity index (χ4n) is 3.60. The molecule has 1 unspecified atom stereocenters. The van der Waals surface area contributed by atoms with E-state index in [-0.39, 0.29) is 17.7 Å². The minimum Gasteiger partial charge on any atom is -0.465 e. The number of aryl methyl sites for hydroxylation is 2. The number of anilines is 2. The van der Waals surface area contributed by atoms with Crippen molar-refractivity contribution >= 4 is 40.1 Å². The number of thiophene rings is 1. The molecule has 9 nitrogen and oxygen atoms in total. The van der Waals surface area contributed by atoms with Crippen molar-refractivity contribution in [2.75, 3.05) is 25.6 Å². The number of hydrogen-bond donors (Lipinski definition) is 1. The van der Waals surface area contributed by atoms with Crippen molar-refractivity contribution in [2.24, 2.45) is 7.05 Å². The summed E-state index contributed by atoms with van der Waals surface area (Å²) in [6, 6.07) is 1.77. The van der Waals surface area contributed by atoms with Gasteiger partial charge in [0.25, 0.3) is 0 Å². The smallest absolute Gasteiger partial charge is 0.348 e. The first-order valence-corrected chi connectivity index (χ1v) is 10.3. The molecule has 4 rings (SSSR count). The van der Waals surface area contributed by atoms with Crippen LogP contribution in [0.4, 0.5) is 11.6 Å². The SMILES string of the molecule is COC(=O)c1cc(Nc2ncc3c(n2)n(C2CCCOCC2)c(=O)n3C)c(C)s1. The van der Waals surface area contributed by atoms with Crippen molar-refractivity contribution < 1.29 is 14.3 Å². The summed E-state index contributed by atoms with van der Waals surface area (Å²) in [7, 11) is 3.09. The van der Waals surface area contributed by atoms with Gasteiger partial charge in [-0.05, 0) is 32.3 Å². The second kappa shape index (κ2) is 7.96. The molecule has 10 heteroatoms. The highest BCUT2D eigenvalue weighted by molar-refractivity contribution is 7.14. The van der Waals surface area contributed by atoms with E-state index in [2.05, 4.69) is 15.3 Å². The van der Waals surface area contributed by atoms with Gasteiger partial charge < -0.3 is 14.8 Å². The topological polar surface area (TPSA) is 100 Å². The van der Waals surface area contributed by atoms with Gasteiger partial charge in [-0.2, -0.15) is 4.98 Å². The van der Waals surface area contributed by atoms with E-state index in [9.17, 15) is 9.59 Å². The van der Waals surface area contributed by atoms with Crippen LogP contribution in [-0.4, -0.2) is 45.4 Å². The minimum absolute atomic E-state index is 0.0465. The van der Waals surface area contributed by atoms with Gasteiger partial charge in [0.15, 0.2) is 5.65 Å². The van der Waals surface area contributed by atoms with Crippen molar-refractivity contribution in [3.05, 3.63) is 32.5 Å². The molecular formula is C19H23N5O4S. The molecule has 154 valence electrons. The summed E-state index contributed by atoms with van der Waals surface area (Å²) in [6.07, 6.45) is 4.21. The first-order valence-electron chi connectivity index (χ1n) is 9.47. The molecule has 0 spiro atoms. The van der Waals surface area contributed by atoms with Crippen molar-refractivity contribution in [3.8, 4) is 0 Å². The Labute approximate surface area is 171 Å². The Morgan fingerprint density at radius 1 is 1.38 bits per heavy atom. The van der Waals surface area contributed by atoms with Crippen molar-refractivity contribution in [3.63, 3.8) is 0 Å². The van der Waals surface area contributed by atoms with Crippen LogP contribution in [0.15, 0.2) is 17.1 Å². The Bertz CT molecular complexity index is 1110. The minimum atomic E-state index is -0.380. The average molecular weight is 417 g/mol. The van der Waals surface area contributed by atoms with Crippen LogP contribution in [0.1, 0.15) is 39.9 Å². The number of hydrogen-bond acceptors (Lipinski definition) is 8.